The average molecular weight is 218 g/mol. The van der Waals surface area contributed by atoms with Crippen molar-refractivity contribution in [3.05, 3.63) is 35.4 Å². The van der Waals surface area contributed by atoms with Crippen LogP contribution in [0.5, 0.6) is 0 Å². The zero-order valence-electron chi connectivity index (χ0n) is 8.53. The molecule has 1 atom stereocenters. The van der Waals surface area contributed by atoms with Gasteiger partial charge in [-0.2, -0.15) is 0 Å². The van der Waals surface area contributed by atoms with E-state index in [0.717, 1.165) is 5.56 Å². The number of nitrogens with two attached hydrogens (primary N) is 1. The summed E-state index contributed by atoms with van der Waals surface area (Å²) in [4.78, 5) is 0. The maximum Gasteiger partial charge on any atom is 0.109 e. The molecule has 3 heteroatoms. The standard InChI is InChI=1S/C11H16FN.ClH/c1-8(2)9-4-3-5-10(6-9)11(13)7-12;/h3-6,8,11H,7,13H2,1-2H3;1H/t11-;/m1./s1. The van der Waals surface area contributed by atoms with Gasteiger partial charge in [0.05, 0.1) is 6.04 Å². The predicted molar refractivity (Wildman–Crippen MR) is 60.7 cm³/mol. The summed E-state index contributed by atoms with van der Waals surface area (Å²) in [6.45, 7) is 3.72. The van der Waals surface area contributed by atoms with Crippen LogP contribution in [0.2, 0.25) is 0 Å². The number of rotatable bonds is 3. The van der Waals surface area contributed by atoms with E-state index in [0.29, 0.717) is 5.92 Å². The number of alkyl halides is 1. The molecule has 0 aromatic heterocycles. The minimum Gasteiger partial charge on any atom is -0.322 e. The van der Waals surface area contributed by atoms with Crippen LogP contribution in [0.4, 0.5) is 4.39 Å². The highest BCUT2D eigenvalue weighted by Crippen LogP contribution is 2.18. The second-order valence-corrected chi connectivity index (χ2v) is 3.59. The van der Waals surface area contributed by atoms with Crippen LogP contribution < -0.4 is 5.73 Å². The molecule has 0 amide bonds. The van der Waals surface area contributed by atoms with Gasteiger partial charge in [0.15, 0.2) is 0 Å². The topological polar surface area (TPSA) is 26.0 Å². The third kappa shape index (κ3) is 3.28. The van der Waals surface area contributed by atoms with Crippen molar-refractivity contribution in [3.8, 4) is 0 Å². The lowest BCUT2D eigenvalue weighted by Crippen LogP contribution is -2.12. The minimum absolute atomic E-state index is 0. The molecule has 0 bridgehead atoms. The van der Waals surface area contributed by atoms with Crippen molar-refractivity contribution in [2.75, 3.05) is 6.67 Å². The molecule has 0 unspecified atom stereocenters. The molecule has 0 saturated heterocycles. The molecule has 0 aliphatic carbocycles. The molecule has 14 heavy (non-hydrogen) atoms. The molecule has 0 radical (unpaired) electrons. The number of hydrogen-bond acceptors (Lipinski definition) is 1. The monoisotopic (exact) mass is 217 g/mol. The first-order valence-electron chi connectivity index (χ1n) is 4.56. The van der Waals surface area contributed by atoms with E-state index in [2.05, 4.69) is 13.8 Å². The third-order valence-electron chi connectivity index (χ3n) is 2.17. The Morgan fingerprint density at radius 3 is 2.36 bits per heavy atom. The summed E-state index contributed by atoms with van der Waals surface area (Å²) in [6, 6.07) is 7.35. The van der Waals surface area contributed by atoms with E-state index in [1.165, 1.54) is 5.56 Å². The van der Waals surface area contributed by atoms with Gasteiger partial charge in [-0.15, -0.1) is 12.4 Å². The van der Waals surface area contributed by atoms with Crippen molar-refractivity contribution in [3.63, 3.8) is 0 Å². The molecule has 0 saturated carbocycles. The molecule has 0 aliphatic rings. The van der Waals surface area contributed by atoms with Gasteiger partial charge in [0.25, 0.3) is 0 Å². The SMILES string of the molecule is CC(C)c1cccc([C@H](N)CF)c1.Cl. The Balaban J connectivity index is 0.00000169. The van der Waals surface area contributed by atoms with Crippen molar-refractivity contribution in [2.45, 2.75) is 25.8 Å². The Hall–Kier alpha value is -0.600. The molecular weight excluding hydrogens is 201 g/mol. The molecule has 0 heterocycles. The van der Waals surface area contributed by atoms with Gasteiger partial charge in [0, 0.05) is 0 Å². The van der Waals surface area contributed by atoms with E-state index in [1.807, 2.05) is 24.3 Å². The van der Waals surface area contributed by atoms with Gasteiger partial charge in [-0.05, 0) is 17.0 Å². The largest absolute Gasteiger partial charge is 0.322 e. The van der Waals surface area contributed by atoms with Crippen molar-refractivity contribution >= 4 is 12.4 Å². The van der Waals surface area contributed by atoms with Crippen LogP contribution in [0.15, 0.2) is 24.3 Å². The van der Waals surface area contributed by atoms with Crippen molar-refractivity contribution in [1.29, 1.82) is 0 Å². The zero-order valence-corrected chi connectivity index (χ0v) is 9.35. The maximum absolute atomic E-state index is 12.3. The molecule has 1 aromatic carbocycles. The second kappa shape index (κ2) is 5.99. The Bertz CT molecular complexity index is 276. The van der Waals surface area contributed by atoms with Gasteiger partial charge >= 0.3 is 0 Å². The quantitative estimate of drug-likeness (QED) is 0.827. The van der Waals surface area contributed by atoms with Crippen LogP contribution in [0, 0.1) is 0 Å². The maximum atomic E-state index is 12.3. The van der Waals surface area contributed by atoms with E-state index in [9.17, 15) is 4.39 Å². The fourth-order valence-electron chi connectivity index (χ4n) is 1.24. The van der Waals surface area contributed by atoms with E-state index < -0.39 is 12.7 Å². The Kier molecular flexibility index (Phi) is 5.73. The van der Waals surface area contributed by atoms with Gasteiger partial charge in [-0.25, -0.2) is 4.39 Å². The fourth-order valence-corrected chi connectivity index (χ4v) is 1.24. The Morgan fingerprint density at radius 1 is 1.29 bits per heavy atom. The van der Waals surface area contributed by atoms with Crippen molar-refractivity contribution in [2.24, 2.45) is 5.73 Å². The smallest absolute Gasteiger partial charge is 0.109 e. The highest BCUT2D eigenvalue weighted by Gasteiger charge is 2.06. The molecule has 0 spiro atoms. The Morgan fingerprint density at radius 2 is 1.86 bits per heavy atom. The van der Waals surface area contributed by atoms with Crippen LogP contribution in [0.3, 0.4) is 0 Å². The normalized spacial score (nSPS) is 12.4. The van der Waals surface area contributed by atoms with Crippen LogP contribution in [-0.2, 0) is 0 Å². The first-order chi connectivity index (χ1) is 6.15. The van der Waals surface area contributed by atoms with E-state index in [4.69, 9.17) is 5.73 Å². The molecule has 80 valence electrons. The molecule has 0 aliphatic heterocycles. The van der Waals surface area contributed by atoms with Crippen LogP contribution >= 0.6 is 12.4 Å². The molecule has 1 aromatic rings. The molecule has 1 rings (SSSR count). The summed E-state index contributed by atoms with van der Waals surface area (Å²) in [5.74, 6) is 0.465. The highest BCUT2D eigenvalue weighted by molar-refractivity contribution is 5.85. The number of hydrogen-bond donors (Lipinski definition) is 1. The second-order valence-electron chi connectivity index (χ2n) is 3.59. The van der Waals surface area contributed by atoms with Gasteiger partial charge in [0.1, 0.15) is 6.67 Å². The lowest BCUT2D eigenvalue weighted by molar-refractivity contribution is 0.437. The molecule has 2 N–H and O–H groups in total. The third-order valence-corrected chi connectivity index (χ3v) is 2.17. The summed E-state index contributed by atoms with van der Waals surface area (Å²) in [7, 11) is 0. The van der Waals surface area contributed by atoms with Crippen LogP contribution in [0.25, 0.3) is 0 Å². The summed E-state index contributed by atoms with van der Waals surface area (Å²) in [6.07, 6.45) is 0. The van der Waals surface area contributed by atoms with Crippen molar-refractivity contribution < 1.29 is 4.39 Å². The fraction of sp³-hybridized carbons (Fsp3) is 0.455. The van der Waals surface area contributed by atoms with Crippen LogP contribution in [-0.4, -0.2) is 6.67 Å². The van der Waals surface area contributed by atoms with Gasteiger partial charge < -0.3 is 5.73 Å². The summed E-state index contributed by atoms with van der Waals surface area (Å²) in [5.41, 5.74) is 7.68. The van der Waals surface area contributed by atoms with E-state index in [-0.39, 0.29) is 12.4 Å². The van der Waals surface area contributed by atoms with E-state index >= 15 is 0 Å². The molecule has 0 fully saturated rings. The minimum atomic E-state index is -0.498. The zero-order chi connectivity index (χ0) is 9.84. The van der Waals surface area contributed by atoms with E-state index in [1.54, 1.807) is 0 Å². The van der Waals surface area contributed by atoms with Gasteiger partial charge in [-0.1, -0.05) is 38.1 Å². The molecular formula is C11H17ClFN. The van der Waals surface area contributed by atoms with Crippen LogP contribution in [0.1, 0.15) is 36.9 Å². The number of benzene rings is 1. The summed E-state index contributed by atoms with van der Waals surface area (Å²) >= 11 is 0. The Labute approximate surface area is 90.9 Å². The predicted octanol–water partition coefficient (Wildman–Crippen LogP) is 3.20. The highest BCUT2D eigenvalue weighted by atomic mass is 35.5. The number of halogens is 2. The summed E-state index contributed by atoms with van der Waals surface area (Å²) in [5, 5.41) is 0. The average Bonchev–Trinajstić information content (AvgIpc) is 2.17. The van der Waals surface area contributed by atoms with Gasteiger partial charge in [0.2, 0.25) is 0 Å². The van der Waals surface area contributed by atoms with Gasteiger partial charge in [-0.3, -0.25) is 0 Å². The lowest BCUT2D eigenvalue weighted by Gasteiger charge is -2.11. The first-order valence-corrected chi connectivity index (χ1v) is 4.56. The lowest BCUT2D eigenvalue weighted by atomic mass is 9.98. The molecule has 1 nitrogen and oxygen atoms in total. The summed E-state index contributed by atoms with van der Waals surface area (Å²) < 4.78 is 12.3. The van der Waals surface area contributed by atoms with Crippen molar-refractivity contribution in [1.82, 2.24) is 0 Å². The first kappa shape index (κ1) is 13.4.